The topological polar surface area (TPSA) is 20.3 Å². The largest absolute Gasteiger partial charge is 0.332 e. The predicted octanol–water partition coefficient (Wildman–Crippen LogP) is 3.05. The number of nitrogens with zero attached hydrogens (tertiary/aromatic N) is 1. The fourth-order valence-corrected chi connectivity index (χ4v) is 2.90. The van der Waals surface area contributed by atoms with Crippen molar-refractivity contribution < 1.29 is 4.79 Å². The second-order valence-corrected chi connectivity index (χ2v) is 4.74. The first-order valence-electron chi connectivity index (χ1n) is 4.95. The molecule has 0 unspecified atom stereocenters. The number of fused-ring (bicyclic) bond motifs is 1. The SMILES string of the molecule is CC(C)N1/C(=C/C=O)Sc2ccccc21. The van der Waals surface area contributed by atoms with E-state index in [0.29, 0.717) is 6.04 Å². The highest BCUT2D eigenvalue weighted by atomic mass is 32.2. The second-order valence-electron chi connectivity index (χ2n) is 3.67. The van der Waals surface area contributed by atoms with E-state index in [1.807, 2.05) is 12.1 Å². The van der Waals surface area contributed by atoms with E-state index in [2.05, 4.69) is 30.9 Å². The molecule has 2 rings (SSSR count). The van der Waals surface area contributed by atoms with Crippen LogP contribution in [-0.2, 0) is 4.79 Å². The fourth-order valence-electron chi connectivity index (χ4n) is 1.73. The molecule has 1 aliphatic heterocycles. The monoisotopic (exact) mass is 219 g/mol. The highest BCUT2D eigenvalue weighted by Crippen LogP contribution is 2.46. The number of hydrogen-bond acceptors (Lipinski definition) is 3. The summed E-state index contributed by atoms with van der Waals surface area (Å²) in [6.45, 7) is 4.25. The maximum absolute atomic E-state index is 10.6. The van der Waals surface area contributed by atoms with Crippen LogP contribution >= 0.6 is 11.8 Å². The molecule has 1 aromatic carbocycles. The van der Waals surface area contributed by atoms with Crippen LogP contribution < -0.4 is 4.90 Å². The highest BCUT2D eigenvalue weighted by molar-refractivity contribution is 8.03. The quantitative estimate of drug-likeness (QED) is 0.563. The maximum atomic E-state index is 10.6. The molecule has 1 heterocycles. The van der Waals surface area contributed by atoms with Crippen LogP contribution in [0.15, 0.2) is 40.3 Å². The molecule has 0 fully saturated rings. The fraction of sp³-hybridized carbons (Fsp3) is 0.250. The summed E-state index contributed by atoms with van der Waals surface area (Å²) in [6.07, 6.45) is 2.48. The van der Waals surface area contributed by atoms with Crippen molar-refractivity contribution in [2.75, 3.05) is 4.90 Å². The van der Waals surface area contributed by atoms with Gasteiger partial charge >= 0.3 is 0 Å². The molecule has 0 atom stereocenters. The number of aldehydes is 1. The predicted molar refractivity (Wildman–Crippen MR) is 64.1 cm³/mol. The molecule has 1 aromatic rings. The number of hydrogen-bond donors (Lipinski definition) is 0. The molecule has 0 aromatic heterocycles. The molecule has 0 spiro atoms. The highest BCUT2D eigenvalue weighted by Gasteiger charge is 2.26. The Labute approximate surface area is 94.0 Å². The minimum Gasteiger partial charge on any atom is -0.332 e. The zero-order valence-electron chi connectivity index (χ0n) is 8.81. The lowest BCUT2D eigenvalue weighted by Crippen LogP contribution is -2.26. The zero-order chi connectivity index (χ0) is 10.8. The van der Waals surface area contributed by atoms with E-state index >= 15 is 0 Å². The van der Waals surface area contributed by atoms with E-state index in [9.17, 15) is 4.79 Å². The second kappa shape index (κ2) is 4.11. The van der Waals surface area contributed by atoms with Gasteiger partial charge in [0, 0.05) is 17.0 Å². The number of para-hydroxylation sites is 1. The number of carbonyl (C=O) groups is 1. The van der Waals surface area contributed by atoms with E-state index in [4.69, 9.17) is 0 Å². The first-order valence-corrected chi connectivity index (χ1v) is 5.77. The lowest BCUT2D eigenvalue weighted by Gasteiger charge is -2.24. The molecule has 0 aliphatic carbocycles. The van der Waals surface area contributed by atoms with Crippen LogP contribution in [0.1, 0.15) is 13.8 Å². The summed E-state index contributed by atoms with van der Waals surface area (Å²) in [5.74, 6) is 0. The Hall–Kier alpha value is -1.22. The molecular formula is C12H13NOS. The molecular weight excluding hydrogens is 206 g/mol. The van der Waals surface area contributed by atoms with Crippen LogP contribution in [0.3, 0.4) is 0 Å². The van der Waals surface area contributed by atoms with Gasteiger partial charge in [0.1, 0.15) is 6.29 Å². The number of thioether (sulfide) groups is 1. The summed E-state index contributed by atoms with van der Waals surface area (Å²) in [5.41, 5.74) is 1.20. The minimum absolute atomic E-state index is 0.368. The maximum Gasteiger partial charge on any atom is 0.145 e. The number of benzene rings is 1. The van der Waals surface area contributed by atoms with E-state index < -0.39 is 0 Å². The molecule has 0 N–H and O–H groups in total. The van der Waals surface area contributed by atoms with E-state index in [1.54, 1.807) is 17.8 Å². The molecule has 15 heavy (non-hydrogen) atoms. The van der Waals surface area contributed by atoms with Crippen molar-refractivity contribution in [3.8, 4) is 0 Å². The van der Waals surface area contributed by atoms with E-state index in [0.717, 1.165) is 11.3 Å². The normalized spacial score (nSPS) is 17.3. The Balaban J connectivity index is 2.46. The van der Waals surface area contributed by atoms with Gasteiger partial charge in [-0.3, -0.25) is 4.79 Å². The number of allylic oxidation sites excluding steroid dienone is 1. The Bertz CT molecular complexity index is 412. The van der Waals surface area contributed by atoms with Crippen LogP contribution in [0.2, 0.25) is 0 Å². The smallest absolute Gasteiger partial charge is 0.145 e. The van der Waals surface area contributed by atoms with Crippen molar-refractivity contribution in [1.29, 1.82) is 0 Å². The summed E-state index contributed by atoms with van der Waals surface area (Å²) in [7, 11) is 0. The van der Waals surface area contributed by atoms with Gasteiger partial charge in [0.2, 0.25) is 0 Å². The van der Waals surface area contributed by atoms with Gasteiger partial charge in [0.15, 0.2) is 0 Å². The lowest BCUT2D eigenvalue weighted by molar-refractivity contribution is -0.104. The average molecular weight is 219 g/mol. The van der Waals surface area contributed by atoms with Gasteiger partial charge in [0.05, 0.1) is 10.7 Å². The molecule has 0 saturated heterocycles. The molecule has 3 heteroatoms. The standard InChI is InChI=1S/C12H13NOS/c1-9(2)13-10-5-3-4-6-11(10)15-12(13)7-8-14/h3-9H,1-2H3/b12-7-. The van der Waals surface area contributed by atoms with Crippen molar-refractivity contribution in [2.45, 2.75) is 24.8 Å². The van der Waals surface area contributed by atoms with Gasteiger partial charge in [-0.1, -0.05) is 23.9 Å². The van der Waals surface area contributed by atoms with Gasteiger partial charge in [0.25, 0.3) is 0 Å². The van der Waals surface area contributed by atoms with Crippen molar-refractivity contribution >= 4 is 23.7 Å². The molecule has 1 aliphatic rings. The van der Waals surface area contributed by atoms with Gasteiger partial charge in [-0.25, -0.2) is 0 Å². The van der Waals surface area contributed by atoms with Gasteiger partial charge in [-0.2, -0.15) is 0 Å². The molecule has 0 saturated carbocycles. The van der Waals surface area contributed by atoms with E-state index in [1.165, 1.54) is 10.6 Å². The van der Waals surface area contributed by atoms with Gasteiger partial charge in [-0.15, -0.1) is 0 Å². The van der Waals surface area contributed by atoms with Gasteiger partial charge < -0.3 is 4.90 Å². The third-order valence-corrected chi connectivity index (χ3v) is 3.41. The molecule has 0 bridgehead atoms. The van der Waals surface area contributed by atoms with Crippen LogP contribution in [0.5, 0.6) is 0 Å². The lowest BCUT2D eigenvalue weighted by atomic mass is 10.2. The summed E-state index contributed by atoms with van der Waals surface area (Å²) < 4.78 is 0. The van der Waals surface area contributed by atoms with Crippen LogP contribution in [0.4, 0.5) is 5.69 Å². The molecule has 0 amide bonds. The third-order valence-electron chi connectivity index (χ3n) is 2.30. The first-order chi connectivity index (χ1) is 7.24. The Kier molecular flexibility index (Phi) is 2.82. The first kappa shape index (κ1) is 10.3. The van der Waals surface area contributed by atoms with Crippen LogP contribution in [0.25, 0.3) is 0 Å². The summed E-state index contributed by atoms with van der Waals surface area (Å²) >= 11 is 1.65. The van der Waals surface area contributed by atoms with Crippen molar-refractivity contribution in [1.82, 2.24) is 0 Å². The van der Waals surface area contributed by atoms with Gasteiger partial charge in [-0.05, 0) is 26.0 Å². The minimum atomic E-state index is 0.368. The Morgan fingerprint density at radius 2 is 2.07 bits per heavy atom. The molecule has 0 radical (unpaired) electrons. The van der Waals surface area contributed by atoms with E-state index in [-0.39, 0.29) is 0 Å². The zero-order valence-corrected chi connectivity index (χ0v) is 9.62. The summed E-state index contributed by atoms with van der Waals surface area (Å²) in [5, 5.41) is 1.02. The van der Waals surface area contributed by atoms with Crippen molar-refractivity contribution in [2.24, 2.45) is 0 Å². The number of carbonyl (C=O) groups excluding carboxylic acids is 1. The van der Waals surface area contributed by atoms with Crippen LogP contribution in [0, 0.1) is 0 Å². The number of rotatable bonds is 2. The Morgan fingerprint density at radius 3 is 2.73 bits per heavy atom. The molecule has 2 nitrogen and oxygen atoms in total. The van der Waals surface area contributed by atoms with Crippen molar-refractivity contribution in [3.05, 3.63) is 35.4 Å². The molecule has 78 valence electrons. The number of anilines is 1. The average Bonchev–Trinajstić information content (AvgIpc) is 2.56. The Morgan fingerprint density at radius 1 is 1.33 bits per heavy atom. The summed E-state index contributed by atoms with van der Waals surface area (Å²) in [6, 6.07) is 8.59. The van der Waals surface area contributed by atoms with Crippen molar-refractivity contribution in [3.63, 3.8) is 0 Å². The third kappa shape index (κ3) is 1.79. The summed E-state index contributed by atoms with van der Waals surface area (Å²) in [4.78, 5) is 14.0. The van der Waals surface area contributed by atoms with Crippen LogP contribution in [-0.4, -0.2) is 12.3 Å².